The molecule has 0 unspecified atom stereocenters. The van der Waals surface area contributed by atoms with Crippen molar-refractivity contribution in [3.05, 3.63) is 48.5 Å². The molecule has 0 radical (unpaired) electrons. The van der Waals surface area contributed by atoms with Crippen LogP contribution in [0.15, 0.2) is 48.5 Å². The number of piperidine rings is 1. The molecule has 1 fully saturated rings. The summed E-state index contributed by atoms with van der Waals surface area (Å²) in [5.74, 6) is 1.61. The normalized spacial score (nSPS) is 16.5. The summed E-state index contributed by atoms with van der Waals surface area (Å²) in [6, 6.07) is 16.6. The van der Waals surface area contributed by atoms with Crippen LogP contribution < -0.4 is 14.8 Å². The van der Waals surface area contributed by atoms with Gasteiger partial charge in [0.25, 0.3) is 0 Å². The Hall–Kier alpha value is -3.20. The molecular formula is C20H21N3O3. The van der Waals surface area contributed by atoms with Crippen molar-refractivity contribution < 1.29 is 14.3 Å². The van der Waals surface area contributed by atoms with E-state index >= 15 is 0 Å². The lowest BCUT2D eigenvalue weighted by molar-refractivity contribution is 0.189. The van der Waals surface area contributed by atoms with Crippen molar-refractivity contribution in [3.63, 3.8) is 0 Å². The summed E-state index contributed by atoms with van der Waals surface area (Å²) >= 11 is 0. The molecule has 0 spiro atoms. The highest BCUT2D eigenvalue weighted by atomic mass is 16.5. The van der Waals surface area contributed by atoms with Gasteiger partial charge in [0.1, 0.15) is 0 Å². The van der Waals surface area contributed by atoms with Crippen molar-refractivity contribution in [2.75, 3.05) is 25.5 Å². The van der Waals surface area contributed by atoms with Crippen LogP contribution in [0.3, 0.4) is 0 Å². The maximum absolute atomic E-state index is 12.6. The predicted molar refractivity (Wildman–Crippen MR) is 98.4 cm³/mol. The molecule has 1 saturated heterocycles. The van der Waals surface area contributed by atoms with Gasteiger partial charge in [0.05, 0.1) is 24.8 Å². The fourth-order valence-electron chi connectivity index (χ4n) is 2.94. The number of nitrogens with zero attached hydrogens (tertiary/aromatic N) is 2. The van der Waals surface area contributed by atoms with Crippen molar-refractivity contribution in [2.24, 2.45) is 5.92 Å². The third-order valence-corrected chi connectivity index (χ3v) is 4.31. The van der Waals surface area contributed by atoms with E-state index in [0.717, 1.165) is 12.8 Å². The zero-order valence-electron chi connectivity index (χ0n) is 14.6. The lowest BCUT2D eigenvalue weighted by Gasteiger charge is -2.29. The van der Waals surface area contributed by atoms with Crippen LogP contribution in [0.25, 0.3) is 0 Å². The molecule has 1 aliphatic heterocycles. The van der Waals surface area contributed by atoms with Gasteiger partial charge in [-0.05, 0) is 37.1 Å². The van der Waals surface area contributed by atoms with Crippen molar-refractivity contribution in [1.82, 2.24) is 4.90 Å². The average molecular weight is 351 g/mol. The average Bonchev–Trinajstić information content (AvgIpc) is 2.70. The van der Waals surface area contributed by atoms with Crippen molar-refractivity contribution in [1.29, 1.82) is 5.26 Å². The summed E-state index contributed by atoms with van der Waals surface area (Å²) in [6.07, 6.45) is 1.68. The van der Waals surface area contributed by atoms with Gasteiger partial charge in [0.15, 0.2) is 17.2 Å². The number of rotatable bonds is 4. The number of benzene rings is 2. The highest BCUT2D eigenvalue weighted by Crippen LogP contribution is 2.35. The number of nitrogens with one attached hydrogen (secondary N) is 1. The van der Waals surface area contributed by atoms with Crippen molar-refractivity contribution in [3.8, 4) is 23.3 Å². The molecule has 6 heteroatoms. The van der Waals surface area contributed by atoms with E-state index in [1.165, 1.54) is 0 Å². The maximum atomic E-state index is 12.6. The smallest absolute Gasteiger partial charge is 0.321 e. The topological polar surface area (TPSA) is 74.6 Å². The molecular weight excluding hydrogens is 330 g/mol. The zero-order chi connectivity index (χ0) is 18.4. The summed E-state index contributed by atoms with van der Waals surface area (Å²) in [4.78, 5) is 14.3. The molecule has 6 nitrogen and oxygen atoms in total. The van der Waals surface area contributed by atoms with Crippen LogP contribution in [0, 0.1) is 17.2 Å². The fourth-order valence-corrected chi connectivity index (χ4v) is 2.94. The van der Waals surface area contributed by atoms with E-state index in [2.05, 4.69) is 11.4 Å². The van der Waals surface area contributed by atoms with E-state index in [1.54, 1.807) is 30.2 Å². The molecule has 2 aromatic rings. The standard InChI is InChI=1S/C20H21N3O3/c1-25-18-10-4-5-11-19(18)26-17-9-3-2-8-16(17)22-20(24)23-12-6-7-15(13-21)14-23/h2-5,8-11,15H,6-7,12,14H2,1H3,(H,22,24)/t15-/m0/s1. The Kier molecular flexibility index (Phi) is 5.59. The molecule has 1 heterocycles. The number of amides is 2. The number of carbonyl (C=O) groups excluding carboxylic acids is 1. The van der Waals surface area contributed by atoms with Gasteiger partial charge >= 0.3 is 6.03 Å². The van der Waals surface area contributed by atoms with Crippen LogP contribution in [0.2, 0.25) is 0 Å². The first-order valence-electron chi connectivity index (χ1n) is 8.56. The van der Waals surface area contributed by atoms with Gasteiger partial charge in [-0.1, -0.05) is 24.3 Å². The summed E-state index contributed by atoms with van der Waals surface area (Å²) in [7, 11) is 1.58. The van der Waals surface area contributed by atoms with Gasteiger partial charge in [-0.3, -0.25) is 0 Å². The monoisotopic (exact) mass is 351 g/mol. The second-order valence-corrected chi connectivity index (χ2v) is 6.09. The molecule has 26 heavy (non-hydrogen) atoms. The number of hydrogen-bond acceptors (Lipinski definition) is 4. The Bertz CT molecular complexity index is 816. The van der Waals surface area contributed by atoms with E-state index in [0.29, 0.717) is 36.0 Å². The van der Waals surface area contributed by atoms with Gasteiger partial charge < -0.3 is 19.7 Å². The molecule has 1 N–H and O–H groups in total. The molecule has 0 bridgehead atoms. The van der Waals surface area contributed by atoms with E-state index < -0.39 is 0 Å². The SMILES string of the molecule is COc1ccccc1Oc1ccccc1NC(=O)N1CCC[C@@H](C#N)C1. The summed E-state index contributed by atoms with van der Waals surface area (Å²) in [5.41, 5.74) is 0.572. The summed E-state index contributed by atoms with van der Waals surface area (Å²) < 4.78 is 11.3. The Labute approximate surface area is 152 Å². The molecule has 2 amide bonds. The van der Waals surface area contributed by atoms with Crippen molar-refractivity contribution in [2.45, 2.75) is 12.8 Å². The van der Waals surface area contributed by atoms with Gasteiger partial charge in [-0.2, -0.15) is 5.26 Å². The van der Waals surface area contributed by atoms with E-state index in [-0.39, 0.29) is 11.9 Å². The van der Waals surface area contributed by atoms with Crippen LogP contribution >= 0.6 is 0 Å². The molecule has 0 aliphatic carbocycles. The van der Waals surface area contributed by atoms with E-state index in [1.807, 2.05) is 30.3 Å². The van der Waals surface area contributed by atoms with Gasteiger partial charge in [-0.25, -0.2) is 4.79 Å². The molecule has 2 aromatic carbocycles. The number of likely N-dealkylation sites (tertiary alicyclic amines) is 1. The lowest BCUT2D eigenvalue weighted by atomic mass is 10.0. The Balaban J connectivity index is 1.75. The van der Waals surface area contributed by atoms with Crippen molar-refractivity contribution >= 4 is 11.7 Å². The number of urea groups is 1. The zero-order valence-corrected chi connectivity index (χ0v) is 14.6. The number of hydrogen-bond donors (Lipinski definition) is 1. The summed E-state index contributed by atoms with van der Waals surface area (Å²) in [6.45, 7) is 1.11. The first kappa shape index (κ1) is 17.6. The highest BCUT2D eigenvalue weighted by Gasteiger charge is 2.24. The number of para-hydroxylation sites is 4. The Morgan fingerprint density at radius 3 is 2.58 bits per heavy atom. The third-order valence-electron chi connectivity index (χ3n) is 4.31. The number of ether oxygens (including phenoxy) is 2. The third kappa shape index (κ3) is 4.06. The quantitative estimate of drug-likeness (QED) is 0.893. The van der Waals surface area contributed by atoms with Crippen LogP contribution in [-0.4, -0.2) is 31.1 Å². The maximum Gasteiger partial charge on any atom is 0.321 e. The Morgan fingerprint density at radius 1 is 1.15 bits per heavy atom. The summed E-state index contributed by atoms with van der Waals surface area (Å²) in [5, 5.41) is 12.0. The van der Waals surface area contributed by atoms with E-state index in [4.69, 9.17) is 14.7 Å². The second-order valence-electron chi connectivity index (χ2n) is 6.09. The van der Waals surface area contributed by atoms with Crippen LogP contribution in [0.1, 0.15) is 12.8 Å². The number of anilines is 1. The minimum atomic E-state index is -0.221. The molecule has 1 atom stereocenters. The van der Waals surface area contributed by atoms with Gasteiger partial charge in [0, 0.05) is 13.1 Å². The van der Waals surface area contributed by atoms with Crippen LogP contribution in [0.5, 0.6) is 17.2 Å². The molecule has 134 valence electrons. The molecule has 1 aliphatic rings. The minimum absolute atomic E-state index is 0.102. The van der Waals surface area contributed by atoms with Crippen LogP contribution in [0.4, 0.5) is 10.5 Å². The fraction of sp³-hybridized carbons (Fsp3) is 0.300. The molecule has 0 aromatic heterocycles. The predicted octanol–water partition coefficient (Wildman–Crippen LogP) is 4.25. The molecule has 0 saturated carbocycles. The molecule has 3 rings (SSSR count). The second kappa shape index (κ2) is 8.26. The van der Waals surface area contributed by atoms with E-state index in [9.17, 15) is 4.79 Å². The number of methoxy groups -OCH3 is 1. The first-order valence-corrected chi connectivity index (χ1v) is 8.56. The van der Waals surface area contributed by atoms with Gasteiger partial charge in [0.2, 0.25) is 0 Å². The van der Waals surface area contributed by atoms with Gasteiger partial charge in [-0.15, -0.1) is 0 Å². The number of carbonyl (C=O) groups is 1. The van der Waals surface area contributed by atoms with Crippen LogP contribution in [-0.2, 0) is 0 Å². The number of nitriles is 1. The lowest BCUT2D eigenvalue weighted by Crippen LogP contribution is -2.42. The first-order chi connectivity index (χ1) is 12.7. The minimum Gasteiger partial charge on any atom is -0.493 e. The Morgan fingerprint density at radius 2 is 1.85 bits per heavy atom. The largest absolute Gasteiger partial charge is 0.493 e. The highest BCUT2D eigenvalue weighted by molar-refractivity contribution is 5.91.